The molecule has 10 heteroatoms. The Hall–Kier alpha value is -3.18. The summed E-state index contributed by atoms with van der Waals surface area (Å²) in [7, 11) is -3.65. The van der Waals surface area contributed by atoms with Crippen molar-refractivity contribution in [2.75, 3.05) is 5.32 Å². The fourth-order valence-corrected chi connectivity index (χ4v) is 6.17. The Balaban J connectivity index is 1.77. The van der Waals surface area contributed by atoms with Crippen molar-refractivity contribution in [2.24, 2.45) is 4.40 Å². The highest BCUT2D eigenvalue weighted by Gasteiger charge is 2.33. The molecule has 0 aliphatic carbocycles. The first kappa shape index (κ1) is 21.7. The molecule has 4 aromatic rings. The number of halogens is 1. The van der Waals surface area contributed by atoms with Gasteiger partial charge in [0, 0.05) is 10.7 Å². The van der Waals surface area contributed by atoms with E-state index in [1.165, 1.54) is 4.57 Å². The van der Waals surface area contributed by atoms with Crippen LogP contribution in [0.4, 0.5) is 5.69 Å². The van der Waals surface area contributed by atoms with Crippen LogP contribution >= 0.6 is 26.7 Å². The van der Waals surface area contributed by atoms with Gasteiger partial charge in [0.2, 0.25) is 0 Å². The first-order chi connectivity index (χ1) is 15.8. The molecule has 0 fully saturated rings. The Morgan fingerprint density at radius 2 is 1.85 bits per heavy atom. The minimum atomic E-state index is -3.65. The summed E-state index contributed by atoms with van der Waals surface area (Å²) in [5.74, 6) is -0.441. The summed E-state index contributed by atoms with van der Waals surface area (Å²) in [4.78, 5) is 18.2. The van der Waals surface area contributed by atoms with Gasteiger partial charge in [-0.15, -0.1) is 4.40 Å². The molecule has 33 heavy (non-hydrogen) atoms. The van der Waals surface area contributed by atoms with E-state index in [0.29, 0.717) is 21.2 Å². The fourth-order valence-electron chi connectivity index (χ4n) is 3.89. The second-order valence-electron chi connectivity index (χ2n) is 7.63. The topological polar surface area (TPSA) is 120 Å². The second kappa shape index (κ2) is 7.99. The van der Waals surface area contributed by atoms with E-state index in [4.69, 9.17) is 0 Å². The molecule has 0 atom stereocenters. The maximum absolute atomic E-state index is 13.7. The van der Waals surface area contributed by atoms with Gasteiger partial charge in [0.05, 0.1) is 17.6 Å². The van der Waals surface area contributed by atoms with Crippen molar-refractivity contribution < 1.29 is 14.2 Å². The van der Waals surface area contributed by atoms with Gasteiger partial charge in [0.25, 0.3) is 5.56 Å². The first-order valence-corrected chi connectivity index (χ1v) is 12.3. The van der Waals surface area contributed by atoms with Crippen LogP contribution in [0.1, 0.15) is 16.7 Å². The quantitative estimate of drug-likeness (QED) is 0.294. The molecule has 168 valence electrons. The molecule has 5 rings (SSSR count). The largest absolute Gasteiger partial charge is 0.506 e. The number of amidine groups is 1. The molecule has 8 nitrogen and oxygen atoms in total. The van der Waals surface area contributed by atoms with E-state index < -0.39 is 16.3 Å². The number of anilines is 1. The standard InChI is InChI=1S/C23H19BrN4O4S/c1-13-9-10-16(24)20-18(13)26-21(27-33(20,31)32)17-19(29)15-8-5-11-25-22(15)28(23(17)30)12-14-6-3-2-4-7-14/h2-11,29,31-32H,12H2,1H3,(H,26,27). The average molecular weight is 527 g/mol. The van der Waals surface area contributed by atoms with Crippen LogP contribution < -0.4 is 10.9 Å². The van der Waals surface area contributed by atoms with E-state index in [1.54, 1.807) is 37.4 Å². The van der Waals surface area contributed by atoms with Crippen molar-refractivity contribution in [1.29, 1.82) is 0 Å². The normalized spacial score (nSPS) is 15.5. The van der Waals surface area contributed by atoms with Crippen molar-refractivity contribution in [3.05, 3.63) is 92.3 Å². The Morgan fingerprint density at radius 3 is 2.61 bits per heavy atom. The predicted molar refractivity (Wildman–Crippen MR) is 133 cm³/mol. The van der Waals surface area contributed by atoms with Crippen LogP contribution in [0.5, 0.6) is 5.75 Å². The third-order valence-corrected chi connectivity index (χ3v) is 7.80. The maximum atomic E-state index is 13.7. The molecule has 1 aliphatic heterocycles. The van der Waals surface area contributed by atoms with E-state index in [2.05, 4.69) is 30.6 Å². The summed E-state index contributed by atoms with van der Waals surface area (Å²) in [6.07, 6.45) is 1.55. The number of nitrogens with zero attached hydrogens (tertiary/aromatic N) is 3. The van der Waals surface area contributed by atoms with Gasteiger partial charge in [0.15, 0.2) is 5.84 Å². The van der Waals surface area contributed by atoms with E-state index in [9.17, 15) is 19.0 Å². The lowest BCUT2D eigenvalue weighted by Gasteiger charge is -2.35. The molecule has 0 unspecified atom stereocenters. The van der Waals surface area contributed by atoms with Crippen LogP contribution in [0.15, 0.2) is 79.4 Å². The molecule has 0 radical (unpaired) electrons. The zero-order valence-electron chi connectivity index (χ0n) is 17.4. The minimum absolute atomic E-state index is 0.112. The highest BCUT2D eigenvalue weighted by molar-refractivity contribution is 9.10. The number of nitrogens with one attached hydrogen (secondary N) is 1. The van der Waals surface area contributed by atoms with E-state index >= 15 is 0 Å². The number of rotatable bonds is 3. The van der Waals surface area contributed by atoms with Crippen molar-refractivity contribution in [1.82, 2.24) is 9.55 Å². The summed E-state index contributed by atoms with van der Waals surface area (Å²) in [6, 6.07) is 16.2. The smallest absolute Gasteiger partial charge is 0.267 e. The maximum Gasteiger partial charge on any atom is 0.267 e. The monoisotopic (exact) mass is 526 g/mol. The summed E-state index contributed by atoms with van der Waals surface area (Å²) in [5, 5.41) is 14.5. The number of pyridine rings is 2. The highest BCUT2D eigenvalue weighted by Crippen LogP contribution is 2.59. The summed E-state index contributed by atoms with van der Waals surface area (Å²) in [6.45, 7) is 2.01. The molecular formula is C23H19BrN4O4S. The Morgan fingerprint density at radius 1 is 1.09 bits per heavy atom. The molecule has 0 saturated carbocycles. The number of fused-ring (bicyclic) bond motifs is 2. The number of aryl methyl sites for hydroxylation is 1. The predicted octanol–water partition coefficient (Wildman–Crippen LogP) is 5.12. The summed E-state index contributed by atoms with van der Waals surface area (Å²) >= 11 is 3.35. The number of hydrogen-bond acceptors (Lipinski definition) is 7. The van der Waals surface area contributed by atoms with Gasteiger partial charge in [-0.25, -0.2) is 4.98 Å². The molecule has 0 amide bonds. The number of aromatic hydroxyl groups is 1. The molecular weight excluding hydrogens is 508 g/mol. The Labute approximate surface area is 198 Å². The number of benzene rings is 2. The first-order valence-electron chi connectivity index (χ1n) is 9.97. The third kappa shape index (κ3) is 3.61. The summed E-state index contributed by atoms with van der Waals surface area (Å²) in [5.41, 5.74) is 1.63. The average Bonchev–Trinajstić information content (AvgIpc) is 2.79. The van der Waals surface area contributed by atoms with Gasteiger partial charge in [0.1, 0.15) is 21.9 Å². The van der Waals surface area contributed by atoms with Gasteiger partial charge in [-0.3, -0.25) is 18.5 Å². The lowest BCUT2D eigenvalue weighted by atomic mass is 10.1. The van der Waals surface area contributed by atoms with E-state index in [1.807, 2.05) is 30.3 Å². The third-order valence-electron chi connectivity index (χ3n) is 5.47. The molecule has 4 N–H and O–H groups in total. The number of aromatic nitrogens is 2. The van der Waals surface area contributed by atoms with Gasteiger partial charge < -0.3 is 10.4 Å². The SMILES string of the molecule is Cc1ccc(Br)c2c1NC(c1c(O)c3cccnc3n(Cc3ccccc3)c1=O)=NS2(O)O. The fraction of sp³-hybridized carbons (Fsp3) is 0.0870. The van der Waals surface area contributed by atoms with Crippen LogP contribution in [0.25, 0.3) is 11.0 Å². The Bertz CT molecular complexity index is 1500. The minimum Gasteiger partial charge on any atom is -0.506 e. The molecule has 2 aromatic heterocycles. The van der Waals surface area contributed by atoms with Crippen LogP contribution in [0, 0.1) is 6.92 Å². The van der Waals surface area contributed by atoms with Gasteiger partial charge in [-0.05, 0) is 52.2 Å². The zero-order valence-corrected chi connectivity index (χ0v) is 19.8. The Kier molecular flexibility index (Phi) is 5.25. The van der Waals surface area contributed by atoms with Crippen molar-refractivity contribution in [2.45, 2.75) is 18.4 Å². The van der Waals surface area contributed by atoms with Gasteiger partial charge in [-0.1, -0.05) is 47.2 Å². The van der Waals surface area contributed by atoms with Crippen molar-refractivity contribution in [3.63, 3.8) is 0 Å². The molecule has 0 saturated heterocycles. The second-order valence-corrected chi connectivity index (χ2v) is 10.1. The van der Waals surface area contributed by atoms with Crippen LogP contribution in [0.3, 0.4) is 0 Å². The van der Waals surface area contributed by atoms with Crippen LogP contribution in [-0.4, -0.2) is 29.6 Å². The van der Waals surface area contributed by atoms with E-state index in [-0.39, 0.29) is 28.6 Å². The van der Waals surface area contributed by atoms with Gasteiger partial charge in [-0.2, -0.15) is 0 Å². The van der Waals surface area contributed by atoms with Crippen molar-refractivity contribution >= 4 is 49.3 Å². The molecule has 0 spiro atoms. The highest BCUT2D eigenvalue weighted by atomic mass is 79.9. The van der Waals surface area contributed by atoms with E-state index in [0.717, 1.165) is 11.1 Å². The van der Waals surface area contributed by atoms with Crippen LogP contribution in [0.2, 0.25) is 0 Å². The lowest BCUT2D eigenvalue weighted by molar-refractivity contribution is 0.477. The molecule has 0 bridgehead atoms. The number of hydrogen-bond donors (Lipinski definition) is 4. The lowest BCUT2D eigenvalue weighted by Crippen LogP contribution is -2.33. The van der Waals surface area contributed by atoms with Gasteiger partial charge >= 0.3 is 0 Å². The summed E-state index contributed by atoms with van der Waals surface area (Å²) < 4.78 is 27.7. The molecule has 2 aromatic carbocycles. The molecule has 1 aliphatic rings. The van der Waals surface area contributed by atoms with Crippen molar-refractivity contribution in [3.8, 4) is 5.75 Å². The zero-order chi connectivity index (χ0) is 23.3. The molecule has 3 heterocycles. The van der Waals surface area contributed by atoms with Crippen LogP contribution in [-0.2, 0) is 6.54 Å².